The normalized spacial score (nSPS) is 20.0. The Labute approximate surface area is 131 Å². The summed E-state index contributed by atoms with van der Waals surface area (Å²) in [6.45, 7) is 7.16. The predicted octanol–water partition coefficient (Wildman–Crippen LogP) is 2.97. The van der Waals surface area contributed by atoms with Crippen molar-refractivity contribution in [2.75, 3.05) is 25.9 Å². The largest absolute Gasteiger partial charge is 0.352 e. The number of hydrogen-bond acceptors (Lipinski definition) is 2. The van der Waals surface area contributed by atoms with Gasteiger partial charge in [-0.15, -0.1) is 0 Å². The van der Waals surface area contributed by atoms with E-state index in [1.165, 1.54) is 6.07 Å². The molecule has 0 saturated carbocycles. The summed E-state index contributed by atoms with van der Waals surface area (Å²) < 4.78 is 13.2. The molecule has 0 amide bonds. The van der Waals surface area contributed by atoms with Gasteiger partial charge in [0.1, 0.15) is 5.82 Å². The molecule has 5 heteroatoms. The molecule has 3 nitrogen and oxygen atoms in total. The minimum Gasteiger partial charge on any atom is -0.352 e. The highest BCUT2D eigenvalue weighted by Crippen LogP contribution is 2.24. The second-order valence-corrected chi connectivity index (χ2v) is 6.98. The molecule has 1 aliphatic rings. The van der Waals surface area contributed by atoms with Gasteiger partial charge in [0.25, 0.3) is 0 Å². The molecule has 1 aromatic carbocycles. The number of aliphatic imine (C=N–C) groups is 1. The summed E-state index contributed by atoms with van der Waals surface area (Å²) in [7, 11) is 1.81. The van der Waals surface area contributed by atoms with Gasteiger partial charge in [-0.3, -0.25) is 4.99 Å². The second-order valence-electron chi connectivity index (χ2n) is 5.63. The zero-order chi connectivity index (χ0) is 15.2. The molecule has 0 radical (unpaired) electrons. The Hall–Kier alpha value is -1.23. The SMILES string of the molecule is CN=C(NCc1cccc(F)c1)N1CCSC(C(C)C)C1. The average Bonchev–Trinajstić information content (AvgIpc) is 2.48. The smallest absolute Gasteiger partial charge is 0.193 e. The predicted molar refractivity (Wildman–Crippen MR) is 89.3 cm³/mol. The topological polar surface area (TPSA) is 27.6 Å². The minimum atomic E-state index is -0.196. The zero-order valence-electron chi connectivity index (χ0n) is 13.0. The van der Waals surface area contributed by atoms with Gasteiger partial charge in [0.15, 0.2) is 5.96 Å². The molecule has 1 atom stereocenters. The van der Waals surface area contributed by atoms with E-state index in [0.29, 0.717) is 17.7 Å². The number of rotatable bonds is 3. The summed E-state index contributed by atoms with van der Waals surface area (Å²) in [5.41, 5.74) is 0.933. The Bertz CT molecular complexity index is 490. The molecule has 1 heterocycles. The van der Waals surface area contributed by atoms with Crippen molar-refractivity contribution in [3.63, 3.8) is 0 Å². The van der Waals surface area contributed by atoms with E-state index < -0.39 is 0 Å². The highest BCUT2D eigenvalue weighted by Gasteiger charge is 2.24. The van der Waals surface area contributed by atoms with Crippen LogP contribution in [0, 0.1) is 11.7 Å². The van der Waals surface area contributed by atoms with Crippen LogP contribution in [0.1, 0.15) is 19.4 Å². The van der Waals surface area contributed by atoms with Gasteiger partial charge in [0.05, 0.1) is 0 Å². The molecule has 1 aromatic rings. The van der Waals surface area contributed by atoms with Crippen LogP contribution in [-0.2, 0) is 6.54 Å². The lowest BCUT2D eigenvalue weighted by Gasteiger charge is -2.36. The Morgan fingerprint density at radius 2 is 2.33 bits per heavy atom. The molecule has 0 spiro atoms. The van der Waals surface area contributed by atoms with Crippen LogP contribution in [-0.4, -0.2) is 42.0 Å². The summed E-state index contributed by atoms with van der Waals surface area (Å²) in [5.74, 6) is 2.51. The van der Waals surface area contributed by atoms with Gasteiger partial charge in [-0.2, -0.15) is 11.8 Å². The lowest BCUT2D eigenvalue weighted by molar-refractivity contribution is 0.380. The van der Waals surface area contributed by atoms with Crippen molar-refractivity contribution in [1.82, 2.24) is 10.2 Å². The fraction of sp³-hybridized carbons (Fsp3) is 0.562. The molecule has 1 saturated heterocycles. The fourth-order valence-electron chi connectivity index (χ4n) is 2.43. The molecule has 116 valence electrons. The third-order valence-electron chi connectivity index (χ3n) is 3.69. The maximum atomic E-state index is 13.2. The number of hydrogen-bond donors (Lipinski definition) is 1. The van der Waals surface area contributed by atoms with Crippen molar-refractivity contribution in [3.05, 3.63) is 35.6 Å². The minimum absolute atomic E-state index is 0.196. The molecule has 1 unspecified atom stereocenters. The summed E-state index contributed by atoms with van der Waals surface area (Å²) in [6.07, 6.45) is 0. The molecule has 0 aliphatic carbocycles. The zero-order valence-corrected chi connectivity index (χ0v) is 13.8. The number of thioether (sulfide) groups is 1. The Kier molecular flexibility index (Phi) is 5.91. The molecule has 0 bridgehead atoms. The monoisotopic (exact) mass is 309 g/mol. The first-order chi connectivity index (χ1) is 10.1. The van der Waals surface area contributed by atoms with Gasteiger partial charge < -0.3 is 10.2 Å². The quantitative estimate of drug-likeness (QED) is 0.687. The molecular weight excluding hydrogens is 285 g/mol. The second kappa shape index (κ2) is 7.69. The van der Waals surface area contributed by atoms with Crippen molar-refractivity contribution in [1.29, 1.82) is 0 Å². The van der Waals surface area contributed by atoms with E-state index in [-0.39, 0.29) is 5.82 Å². The number of benzene rings is 1. The van der Waals surface area contributed by atoms with E-state index in [9.17, 15) is 4.39 Å². The van der Waals surface area contributed by atoms with Gasteiger partial charge in [-0.25, -0.2) is 4.39 Å². The fourth-order valence-corrected chi connectivity index (χ4v) is 3.73. The van der Waals surface area contributed by atoms with Gasteiger partial charge in [0.2, 0.25) is 0 Å². The van der Waals surface area contributed by atoms with Crippen LogP contribution < -0.4 is 5.32 Å². The summed E-state index contributed by atoms with van der Waals surface area (Å²) in [5, 5.41) is 3.99. The summed E-state index contributed by atoms with van der Waals surface area (Å²) >= 11 is 2.05. The first-order valence-corrected chi connectivity index (χ1v) is 8.46. The number of guanidine groups is 1. The highest BCUT2D eigenvalue weighted by atomic mass is 32.2. The lowest BCUT2D eigenvalue weighted by atomic mass is 10.1. The molecular formula is C16H24FN3S. The van der Waals surface area contributed by atoms with Crippen LogP contribution >= 0.6 is 11.8 Å². The van der Waals surface area contributed by atoms with E-state index in [0.717, 1.165) is 30.4 Å². The maximum absolute atomic E-state index is 13.2. The molecule has 0 aromatic heterocycles. The number of halogens is 1. The molecule has 21 heavy (non-hydrogen) atoms. The molecule has 1 N–H and O–H groups in total. The van der Waals surface area contributed by atoms with Crippen molar-refractivity contribution >= 4 is 17.7 Å². The van der Waals surface area contributed by atoms with Gasteiger partial charge in [0, 0.05) is 37.7 Å². The van der Waals surface area contributed by atoms with Crippen LogP contribution in [0.5, 0.6) is 0 Å². The lowest BCUT2D eigenvalue weighted by Crippen LogP contribution is -2.48. The van der Waals surface area contributed by atoms with Crippen LogP contribution in [0.2, 0.25) is 0 Å². The third kappa shape index (κ3) is 4.63. The van der Waals surface area contributed by atoms with E-state index >= 15 is 0 Å². The van der Waals surface area contributed by atoms with Crippen molar-refractivity contribution in [3.8, 4) is 0 Å². The Morgan fingerprint density at radius 1 is 1.52 bits per heavy atom. The van der Waals surface area contributed by atoms with E-state index in [2.05, 4.69) is 29.1 Å². The highest BCUT2D eigenvalue weighted by molar-refractivity contribution is 8.00. The average molecular weight is 309 g/mol. The standard InChI is InChI=1S/C16H24FN3S/c1-12(2)15-11-20(7-8-21-15)16(18-3)19-10-13-5-4-6-14(17)9-13/h4-6,9,12,15H,7-8,10-11H2,1-3H3,(H,18,19). The Balaban J connectivity index is 1.94. The van der Waals surface area contributed by atoms with Crippen molar-refractivity contribution < 1.29 is 4.39 Å². The first-order valence-electron chi connectivity index (χ1n) is 7.41. The van der Waals surface area contributed by atoms with Gasteiger partial charge in [-0.05, 0) is 23.6 Å². The van der Waals surface area contributed by atoms with E-state index in [4.69, 9.17) is 0 Å². The van der Waals surface area contributed by atoms with E-state index in [1.807, 2.05) is 17.8 Å². The summed E-state index contributed by atoms with van der Waals surface area (Å²) in [4.78, 5) is 6.68. The van der Waals surface area contributed by atoms with Gasteiger partial charge in [-0.1, -0.05) is 26.0 Å². The van der Waals surface area contributed by atoms with Crippen molar-refractivity contribution in [2.24, 2.45) is 10.9 Å². The molecule has 2 rings (SSSR count). The Morgan fingerprint density at radius 3 is 3.00 bits per heavy atom. The van der Waals surface area contributed by atoms with E-state index in [1.54, 1.807) is 19.2 Å². The van der Waals surface area contributed by atoms with Gasteiger partial charge >= 0.3 is 0 Å². The van der Waals surface area contributed by atoms with Crippen LogP contribution in [0.3, 0.4) is 0 Å². The third-order valence-corrected chi connectivity index (χ3v) is 5.23. The van der Waals surface area contributed by atoms with Crippen molar-refractivity contribution in [2.45, 2.75) is 25.6 Å². The molecule has 1 aliphatic heterocycles. The number of nitrogens with zero attached hydrogens (tertiary/aromatic N) is 2. The van der Waals surface area contributed by atoms with Crippen LogP contribution in [0.25, 0.3) is 0 Å². The molecule has 1 fully saturated rings. The maximum Gasteiger partial charge on any atom is 0.193 e. The summed E-state index contributed by atoms with van der Waals surface area (Å²) in [6, 6.07) is 6.68. The number of nitrogens with one attached hydrogen (secondary N) is 1. The van der Waals surface area contributed by atoms with Crippen LogP contribution in [0.15, 0.2) is 29.3 Å². The first kappa shape index (κ1) is 16.1. The van der Waals surface area contributed by atoms with Crippen LogP contribution in [0.4, 0.5) is 4.39 Å².